The summed E-state index contributed by atoms with van der Waals surface area (Å²) in [6, 6.07) is 5.00. The minimum atomic E-state index is -1.55. The number of rotatable bonds is 7. The van der Waals surface area contributed by atoms with Gasteiger partial charge in [-0.25, -0.2) is 9.18 Å². The number of carboxylic acid groups (broad SMARTS) is 1. The van der Waals surface area contributed by atoms with E-state index >= 15 is 0 Å². The van der Waals surface area contributed by atoms with E-state index in [9.17, 15) is 14.0 Å². The Balaban J connectivity index is 2.47. The van der Waals surface area contributed by atoms with Crippen molar-refractivity contribution in [2.24, 2.45) is 0 Å². The highest BCUT2D eigenvalue weighted by molar-refractivity contribution is 5.84. The van der Waals surface area contributed by atoms with Gasteiger partial charge in [0.15, 0.2) is 12.6 Å². The van der Waals surface area contributed by atoms with Crippen molar-refractivity contribution in [2.45, 2.75) is 6.04 Å². The first-order chi connectivity index (χ1) is 9.06. The monoisotopic (exact) mass is 271 g/mol. The summed E-state index contributed by atoms with van der Waals surface area (Å²) in [7, 11) is 1.49. The molecule has 1 atom stereocenters. The quantitative estimate of drug-likeness (QED) is 0.759. The fourth-order valence-corrected chi connectivity index (χ4v) is 1.24. The molecule has 0 aromatic heterocycles. The number of hydrogen-bond donors (Lipinski definition) is 2. The summed E-state index contributed by atoms with van der Waals surface area (Å²) in [4.78, 5) is 21.9. The minimum Gasteiger partial charge on any atom is -0.497 e. The number of ether oxygens (including phenoxy) is 2. The lowest BCUT2D eigenvalue weighted by Gasteiger charge is -2.11. The van der Waals surface area contributed by atoms with E-state index in [-0.39, 0.29) is 0 Å². The molecule has 6 nitrogen and oxygen atoms in total. The smallest absolute Gasteiger partial charge is 0.328 e. The molecular formula is C12H14FNO5. The molecule has 0 radical (unpaired) electrons. The van der Waals surface area contributed by atoms with Crippen molar-refractivity contribution in [3.63, 3.8) is 0 Å². The molecular weight excluding hydrogens is 257 g/mol. The van der Waals surface area contributed by atoms with Crippen molar-refractivity contribution in [1.29, 1.82) is 0 Å². The number of aliphatic carboxylic acids is 1. The van der Waals surface area contributed by atoms with Crippen molar-refractivity contribution in [2.75, 3.05) is 20.4 Å². The molecule has 19 heavy (non-hydrogen) atoms. The van der Waals surface area contributed by atoms with Crippen LogP contribution in [0.15, 0.2) is 24.3 Å². The summed E-state index contributed by atoms with van der Waals surface area (Å²) >= 11 is 0. The third-order valence-corrected chi connectivity index (χ3v) is 2.20. The van der Waals surface area contributed by atoms with Gasteiger partial charge in [-0.1, -0.05) is 6.07 Å². The molecule has 1 rings (SSSR count). The van der Waals surface area contributed by atoms with Crippen LogP contribution in [-0.2, 0) is 9.59 Å². The van der Waals surface area contributed by atoms with E-state index in [1.165, 1.54) is 7.11 Å². The first-order valence-electron chi connectivity index (χ1n) is 5.41. The summed E-state index contributed by atoms with van der Waals surface area (Å²) in [6.45, 7) is -1.59. The zero-order valence-corrected chi connectivity index (χ0v) is 10.3. The maximum Gasteiger partial charge on any atom is 0.328 e. The van der Waals surface area contributed by atoms with Crippen LogP contribution < -0.4 is 14.8 Å². The maximum atomic E-state index is 12.3. The lowest BCUT2D eigenvalue weighted by Crippen LogP contribution is -2.44. The Kier molecular flexibility index (Phi) is 5.59. The summed E-state index contributed by atoms with van der Waals surface area (Å²) in [6.07, 6.45) is 0. The first-order valence-corrected chi connectivity index (χ1v) is 5.41. The van der Waals surface area contributed by atoms with Gasteiger partial charge in [0.05, 0.1) is 7.11 Å². The van der Waals surface area contributed by atoms with Crippen LogP contribution in [-0.4, -0.2) is 43.4 Å². The van der Waals surface area contributed by atoms with Gasteiger partial charge in [-0.2, -0.15) is 0 Å². The van der Waals surface area contributed by atoms with Gasteiger partial charge in [-0.05, 0) is 12.1 Å². The maximum absolute atomic E-state index is 12.3. The highest BCUT2D eigenvalue weighted by Crippen LogP contribution is 2.18. The predicted octanol–water partition coefficient (Wildman–Crippen LogP) is 0.613. The van der Waals surface area contributed by atoms with Gasteiger partial charge in [0.1, 0.15) is 18.2 Å². The van der Waals surface area contributed by atoms with Crippen LogP contribution in [0, 0.1) is 0 Å². The summed E-state index contributed by atoms with van der Waals surface area (Å²) < 4.78 is 22.4. The topological polar surface area (TPSA) is 84.9 Å². The van der Waals surface area contributed by atoms with E-state index in [4.69, 9.17) is 14.6 Å². The fraction of sp³-hybridized carbons (Fsp3) is 0.333. The number of benzene rings is 1. The van der Waals surface area contributed by atoms with Crippen LogP contribution >= 0.6 is 0 Å². The van der Waals surface area contributed by atoms with E-state index in [0.717, 1.165) is 0 Å². The zero-order valence-electron chi connectivity index (χ0n) is 10.3. The number of carbonyl (C=O) groups excluding carboxylic acids is 1. The van der Waals surface area contributed by atoms with E-state index in [0.29, 0.717) is 11.5 Å². The molecule has 1 amide bonds. The Bertz CT molecular complexity index is 452. The van der Waals surface area contributed by atoms with Crippen LogP contribution in [0.3, 0.4) is 0 Å². The standard InChI is InChI=1S/C12H14FNO5/c1-18-8-3-2-4-9(5-8)19-7-11(15)14-10(6-13)12(16)17/h2-5,10H,6-7H2,1H3,(H,14,15)(H,16,17). The molecule has 7 heteroatoms. The first kappa shape index (κ1) is 14.7. The number of nitrogens with one attached hydrogen (secondary N) is 1. The largest absolute Gasteiger partial charge is 0.497 e. The van der Waals surface area contributed by atoms with E-state index in [1.54, 1.807) is 24.3 Å². The second-order valence-electron chi connectivity index (χ2n) is 3.58. The Labute approximate surface area is 109 Å². The third kappa shape index (κ3) is 4.82. The van der Waals surface area contributed by atoms with Crippen molar-refractivity contribution in [3.05, 3.63) is 24.3 Å². The molecule has 0 saturated carbocycles. The lowest BCUT2D eigenvalue weighted by atomic mass is 10.3. The van der Waals surface area contributed by atoms with Crippen molar-refractivity contribution >= 4 is 11.9 Å². The number of carboxylic acids is 1. The summed E-state index contributed by atoms with van der Waals surface area (Å²) in [5.74, 6) is -1.20. The summed E-state index contributed by atoms with van der Waals surface area (Å²) in [5, 5.41) is 10.6. The van der Waals surface area contributed by atoms with E-state index < -0.39 is 31.2 Å². The van der Waals surface area contributed by atoms with Gasteiger partial charge >= 0.3 is 5.97 Å². The molecule has 0 aliphatic rings. The predicted molar refractivity (Wildman–Crippen MR) is 64.0 cm³/mol. The molecule has 1 unspecified atom stereocenters. The normalized spacial score (nSPS) is 11.5. The van der Waals surface area contributed by atoms with Crippen molar-refractivity contribution < 1.29 is 28.6 Å². The zero-order chi connectivity index (χ0) is 14.3. The molecule has 1 aromatic rings. The van der Waals surface area contributed by atoms with Gasteiger partial charge in [-0.3, -0.25) is 4.79 Å². The average Bonchev–Trinajstić information content (AvgIpc) is 2.42. The van der Waals surface area contributed by atoms with E-state index in [1.807, 2.05) is 5.32 Å². The number of alkyl halides is 1. The van der Waals surface area contributed by atoms with Gasteiger partial charge in [0, 0.05) is 6.07 Å². The van der Waals surface area contributed by atoms with Crippen LogP contribution in [0.4, 0.5) is 4.39 Å². The lowest BCUT2D eigenvalue weighted by molar-refractivity contribution is -0.142. The number of carbonyl (C=O) groups is 2. The van der Waals surface area contributed by atoms with Crippen molar-refractivity contribution in [3.8, 4) is 11.5 Å². The Hall–Kier alpha value is -2.31. The van der Waals surface area contributed by atoms with Crippen molar-refractivity contribution in [1.82, 2.24) is 5.32 Å². The highest BCUT2D eigenvalue weighted by Gasteiger charge is 2.19. The van der Waals surface area contributed by atoms with E-state index in [2.05, 4.69) is 0 Å². The molecule has 0 heterocycles. The molecule has 0 saturated heterocycles. The van der Waals surface area contributed by atoms with Gasteiger partial charge < -0.3 is 19.9 Å². The third-order valence-electron chi connectivity index (χ3n) is 2.20. The minimum absolute atomic E-state index is 0.390. The van der Waals surface area contributed by atoms with Gasteiger partial charge in [0.25, 0.3) is 5.91 Å². The molecule has 0 fully saturated rings. The number of halogens is 1. The fourth-order valence-electron chi connectivity index (χ4n) is 1.24. The van der Waals surface area contributed by atoms with Crippen LogP contribution in [0.2, 0.25) is 0 Å². The molecule has 0 bridgehead atoms. The van der Waals surface area contributed by atoms with Gasteiger partial charge in [0.2, 0.25) is 0 Å². The molecule has 0 spiro atoms. The Morgan fingerprint density at radius 2 is 2.11 bits per heavy atom. The average molecular weight is 271 g/mol. The van der Waals surface area contributed by atoms with Crippen LogP contribution in [0.1, 0.15) is 0 Å². The summed E-state index contributed by atoms with van der Waals surface area (Å²) in [5.41, 5.74) is 0. The Morgan fingerprint density at radius 3 is 2.68 bits per heavy atom. The number of hydrogen-bond acceptors (Lipinski definition) is 4. The SMILES string of the molecule is COc1cccc(OCC(=O)NC(CF)C(=O)O)c1. The molecule has 2 N–H and O–H groups in total. The number of amides is 1. The second-order valence-corrected chi connectivity index (χ2v) is 3.58. The van der Waals surface area contributed by atoms with Crippen LogP contribution in [0.5, 0.6) is 11.5 Å². The molecule has 0 aliphatic heterocycles. The Morgan fingerprint density at radius 1 is 1.42 bits per heavy atom. The molecule has 1 aromatic carbocycles. The molecule has 0 aliphatic carbocycles. The van der Waals surface area contributed by atoms with Crippen LogP contribution in [0.25, 0.3) is 0 Å². The highest BCUT2D eigenvalue weighted by atomic mass is 19.1. The van der Waals surface area contributed by atoms with Gasteiger partial charge in [-0.15, -0.1) is 0 Å². The second kappa shape index (κ2) is 7.20. The molecule has 104 valence electrons. The number of methoxy groups -OCH3 is 1.